The first kappa shape index (κ1) is 20.9. The smallest absolute Gasteiger partial charge is 0.345 e. The molecule has 4 atom stereocenters. The molecule has 2 N–H and O–H groups in total. The average molecular weight is 417 g/mol. The van der Waals surface area contributed by atoms with E-state index in [4.69, 9.17) is 16.7 Å². The van der Waals surface area contributed by atoms with E-state index in [1.807, 2.05) is 18.2 Å². The Labute approximate surface area is 175 Å². The third-order valence-corrected chi connectivity index (χ3v) is 6.99. The second-order valence-electron chi connectivity index (χ2n) is 7.30. The van der Waals surface area contributed by atoms with Crippen LogP contribution in [0.15, 0.2) is 36.4 Å². The van der Waals surface area contributed by atoms with Crippen molar-refractivity contribution in [3.05, 3.63) is 57.3 Å². The number of hydrogen-bond donors (Lipinski definition) is 2. The van der Waals surface area contributed by atoms with Gasteiger partial charge in [0.05, 0.1) is 12.0 Å². The molecule has 0 radical (unpaired) electrons. The number of aryl methyl sites for hydroxylation is 2. The lowest BCUT2D eigenvalue weighted by molar-refractivity contribution is 0.0702. The van der Waals surface area contributed by atoms with Crippen molar-refractivity contribution < 1.29 is 15.0 Å². The zero-order chi connectivity index (χ0) is 20.1. The summed E-state index contributed by atoms with van der Waals surface area (Å²) in [5.41, 5.74) is 2.23. The Hall–Kier alpha value is -1.80. The quantitative estimate of drug-likeness (QED) is 0.515. The first-order chi connectivity index (χ1) is 13.5. The molecule has 3 rings (SSSR count). The summed E-state index contributed by atoms with van der Waals surface area (Å²) in [5, 5.41) is 19.4. The molecule has 0 bridgehead atoms. The first-order valence-corrected chi connectivity index (χ1v) is 11.0. The second-order valence-corrected chi connectivity index (χ2v) is 9.02. The summed E-state index contributed by atoms with van der Waals surface area (Å²) in [6.45, 7) is 2.12. The summed E-state index contributed by atoms with van der Waals surface area (Å²) >= 11 is 7.85. The Morgan fingerprint density at radius 2 is 2.14 bits per heavy atom. The number of carbonyl (C=O) groups is 1. The van der Waals surface area contributed by atoms with E-state index < -0.39 is 12.1 Å². The molecule has 3 nitrogen and oxygen atoms in total. The fourth-order valence-corrected chi connectivity index (χ4v) is 5.15. The van der Waals surface area contributed by atoms with Crippen LogP contribution < -0.4 is 0 Å². The lowest BCUT2D eigenvalue weighted by Gasteiger charge is -2.18. The second kappa shape index (κ2) is 9.60. The lowest BCUT2D eigenvalue weighted by atomic mass is 9.90. The zero-order valence-corrected chi connectivity index (χ0v) is 17.5. The molecule has 1 heterocycles. The molecule has 148 valence electrons. The predicted molar refractivity (Wildman–Crippen MR) is 114 cm³/mol. The topological polar surface area (TPSA) is 57.5 Å². The van der Waals surface area contributed by atoms with Crippen LogP contribution in [0, 0.1) is 23.7 Å². The maximum Gasteiger partial charge on any atom is 0.345 e. The van der Waals surface area contributed by atoms with Crippen molar-refractivity contribution in [1.82, 2.24) is 0 Å². The number of alkyl halides is 1. The molecule has 1 aliphatic rings. The van der Waals surface area contributed by atoms with Crippen LogP contribution >= 0.6 is 22.9 Å². The third-order valence-electron chi connectivity index (χ3n) is 5.36. The van der Waals surface area contributed by atoms with Crippen molar-refractivity contribution in [1.29, 1.82) is 0 Å². The molecule has 28 heavy (non-hydrogen) atoms. The van der Waals surface area contributed by atoms with Gasteiger partial charge in [0.15, 0.2) is 0 Å². The number of carboxylic acids is 1. The molecule has 1 fully saturated rings. The van der Waals surface area contributed by atoms with E-state index in [1.165, 1.54) is 16.9 Å². The minimum atomic E-state index is -0.876. The number of thiophene rings is 1. The highest BCUT2D eigenvalue weighted by molar-refractivity contribution is 7.13. The minimum Gasteiger partial charge on any atom is -0.477 e. The number of aliphatic hydroxyl groups excluding tert-OH is 1. The van der Waals surface area contributed by atoms with Gasteiger partial charge in [-0.05, 0) is 67.9 Å². The van der Waals surface area contributed by atoms with Crippen LogP contribution in [-0.2, 0) is 12.8 Å². The van der Waals surface area contributed by atoms with Crippen molar-refractivity contribution in [2.75, 3.05) is 0 Å². The lowest BCUT2D eigenvalue weighted by Crippen LogP contribution is -2.19. The minimum absolute atomic E-state index is 0.0748. The molecule has 0 saturated heterocycles. The highest BCUT2D eigenvalue weighted by atomic mass is 35.5. The van der Waals surface area contributed by atoms with Gasteiger partial charge in [-0.2, -0.15) is 0 Å². The standard InChI is InChI=1S/C23H25ClO3S/c1-2-15-5-3-6-16(13-15)9-11-19-18(20(24)14-21(19)25)8-4-7-17-10-12-22(28-17)23(26)27/h3,5-6,10,12-13,18-21,25H,2,4,7-8,14H2,1H3,(H,26,27)/t18-,19-,20+,21-/m1/s1. The Morgan fingerprint density at radius 3 is 2.86 bits per heavy atom. The van der Waals surface area contributed by atoms with Gasteiger partial charge in [0.25, 0.3) is 0 Å². The number of aromatic carboxylic acids is 1. The van der Waals surface area contributed by atoms with E-state index >= 15 is 0 Å². The summed E-state index contributed by atoms with van der Waals surface area (Å²) < 4.78 is 0. The predicted octanol–water partition coefficient (Wildman–Crippen LogP) is 4.99. The summed E-state index contributed by atoms with van der Waals surface area (Å²) in [5.74, 6) is 5.68. The van der Waals surface area contributed by atoms with Gasteiger partial charge >= 0.3 is 5.97 Å². The summed E-state index contributed by atoms with van der Waals surface area (Å²) in [7, 11) is 0. The van der Waals surface area contributed by atoms with Gasteiger partial charge in [-0.25, -0.2) is 4.79 Å². The Bertz CT molecular complexity index is 879. The van der Waals surface area contributed by atoms with Crippen LogP contribution in [0.4, 0.5) is 0 Å². The summed E-state index contributed by atoms with van der Waals surface area (Å²) in [6, 6.07) is 11.7. The third kappa shape index (κ3) is 5.17. The van der Waals surface area contributed by atoms with Crippen molar-refractivity contribution in [2.45, 2.75) is 50.5 Å². The number of aliphatic hydroxyl groups is 1. The number of benzene rings is 1. The highest BCUT2D eigenvalue weighted by Gasteiger charge is 2.40. The van der Waals surface area contributed by atoms with E-state index in [-0.39, 0.29) is 17.2 Å². The van der Waals surface area contributed by atoms with Crippen LogP contribution in [0.25, 0.3) is 0 Å². The Balaban J connectivity index is 1.63. The zero-order valence-electron chi connectivity index (χ0n) is 15.9. The van der Waals surface area contributed by atoms with Crippen LogP contribution in [0.5, 0.6) is 0 Å². The number of hydrogen-bond acceptors (Lipinski definition) is 3. The SMILES string of the molecule is CCc1cccc(C#C[C@@H]2[C@@H](CCCc3ccc(C(=O)O)s3)[C@@H](Cl)C[C@H]2O)c1. The van der Waals surface area contributed by atoms with Gasteiger partial charge in [-0.3, -0.25) is 0 Å². The van der Waals surface area contributed by atoms with Crippen molar-refractivity contribution >= 4 is 28.9 Å². The molecule has 2 aromatic rings. The van der Waals surface area contributed by atoms with Crippen LogP contribution in [0.3, 0.4) is 0 Å². The fraction of sp³-hybridized carbons (Fsp3) is 0.435. The molecule has 0 unspecified atom stereocenters. The number of carboxylic acid groups (broad SMARTS) is 1. The van der Waals surface area contributed by atoms with Gasteiger partial charge < -0.3 is 10.2 Å². The number of rotatable bonds is 6. The van der Waals surface area contributed by atoms with Crippen LogP contribution in [-0.4, -0.2) is 27.7 Å². The molecule has 1 aliphatic carbocycles. The van der Waals surface area contributed by atoms with Gasteiger partial charge in [0, 0.05) is 15.8 Å². The van der Waals surface area contributed by atoms with E-state index in [0.29, 0.717) is 11.3 Å². The Morgan fingerprint density at radius 1 is 1.32 bits per heavy atom. The molecule has 1 aromatic heterocycles. The van der Waals surface area contributed by atoms with Gasteiger partial charge in [-0.15, -0.1) is 22.9 Å². The van der Waals surface area contributed by atoms with E-state index in [2.05, 4.69) is 30.9 Å². The highest BCUT2D eigenvalue weighted by Crippen LogP contribution is 2.39. The van der Waals surface area contributed by atoms with E-state index in [0.717, 1.165) is 36.1 Å². The van der Waals surface area contributed by atoms with E-state index in [1.54, 1.807) is 6.07 Å². The van der Waals surface area contributed by atoms with Gasteiger partial charge in [0.1, 0.15) is 4.88 Å². The molecule has 0 aliphatic heterocycles. The Kier molecular flexibility index (Phi) is 7.18. The summed E-state index contributed by atoms with van der Waals surface area (Å²) in [4.78, 5) is 12.4. The molecule has 0 spiro atoms. The van der Waals surface area contributed by atoms with Gasteiger partial charge in [-0.1, -0.05) is 30.9 Å². The first-order valence-electron chi connectivity index (χ1n) is 9.72. The normalized spacial score (nSPS) is 24.0. The molecular weight excluding hydrogens is 392 g/mol. The average Bonchev–Trinajstić information content (AvgIpc) is 3.25. The maximum absolute atomic E-state index is 11.0. The monoisotopic (exact) mass is 416 g/mol. The largest absolute Gasteiger partial charge is 0.477 e. The van der Waals surface area contributed by atoms with Crippen molar-refractivity contribution in [3.8, 4) is 11.8 Å². The van der Waals surface area contributed by atoms with Gasteiger partial charge in [0.2, 0.25) is 0 Å². The number of halogens is 1. The fourth-order valence-electron chi connectivity index (χ4n) is 3.80. The van der Waals surface area contributed by atoms with Crippen LogP contribution in [0.1, 0.15) is 51.9 Å². The molecular formula is C23H25ClO3S. The molecule has 1 aromatic carbocycles. The maximum atomic E-state index is 11.0. The molecule has 5 heteroatoms. The van der Waals surface area contributed by atoms with Crippen LogP contribution in [0.2, 0.25) is 0 Å². The molecule has 0 amide bonds. The van der Waals surface area contributed by atoms with Crippen molar-refractivity contribution in [2.24, 2.45) is 11.8 Å². The van der Waals surface area contributed by atoms with Crippen molar-refractivity contribution in [3.63, 3.8) is 0 Å². The van der Waals surface area contributed by atoms with E-state index in [9.17, 15) is 9.90 Å². The molecule has 1 saturated carbocycles. The summed E-state index contributed by atoms with van der Waals surface area (Å²) in [6.07, 6.45) is 3.66.